The van der Waals surface area contributed by atoms with Crippen molar-refractivity contribution in [3.8, 4) is 5.75 Å². The third-order valence-electron chi connectivity index (χ3n) is 3.85. The lowest BCUT2D eigenvalue weighted by Gasteiger charge is -2.19. The van der Waals surface area contributed by atoms with Crippen LogP contribution in [0.25, 0.3) is 0 Å². The average molecular weight is 296 g/mol. The summed E-state index contributed by atoms with van der Waals surface area (Å²) in [6.07, 6.45) is 2.83. The van der Waals surface area contributed by atoms with Crippen LogP contribution in [0.5, 0.6) is 5.75 Å². The van der Waals surface area contributed by atoms with Crippen molar-refractivity contribution in [2.24, 2.45) is 5.92 Å². The minimum Gasteiger partial charge on any atom is -0.481 e. The molecule has 0 aromatic heterocycles. The van der Waals surface area contributed by atoms with Gasteiger partial charge in [-0.15, -0.1) is 0 Å². The Hall–Kier alpha value is -1.22. The lowest BCUT2D eigenvalue weighted by molar-refractivity contribution is -0.128. The highest BCUT2D eigenvalue weighted by atomic mass is 35.5. The number of hydrogen-bond donors (Lipinski definition) is 1. The topological polar surface area (TPSA) is 38.3 Å². The fourth-order valence-electron chi connectivity index (χ4n) is 2.65. The molecule has 1 aromatic rings. The number of aryl methyl sites for hydroxylation is 1. The SMILES string of the molecule is Cc1cc(Cl)ccc1OC(C)C(=O)NC1CCC(C)C1. The highest BCUT2D eigenvalue weighted by Gasteiger charge is 2.25. The summed E-state index contributed by atoms with van der Waals surface area (Å²) in [5.41, 5.74) is 0.937. The van der Waals surface area contributed by atoms with Crippen molar-refractivity contribution in [3.63, 3.8) is 0 Å². The van der Waals surface area contributed by atoms with Gasteiger partial charge in [-0.1, -0.05) is 18.5 Å². The van der Waals surface area contributed by atoms with Crippen LogP contribution in [0.1, 0.15) is 38.7 Å². The van der Waals surface area contributed by atoms with E-state index in [0.717, 1.165) is 18.4 Å². The first kappa shape index (κ1) is 15.2. The van der Waals surface area contributed by atoms with Gasteiger partial charge in [0.05, 0.1) is 0 Å². The van der Waals surface area contributed by atoms with Gasteiger partial charge in [-0.05, 0) is 62.8 Å². The molecule has 0 radical (unpaired) electrons. The summed E-state index contributed by atoms with van der Waals surface area (Å²) in [4.78, 5) is 12.1. The minimum atomic E-state index is -0.495. The summed E-state index contributed by atoms with van der Waals surface area (Å²) in [7, 11) is 0. The molecule has 20 heavy (non-hydrogen) atoms. The summed E-state index contributed by atoms with van der Waals surface area (Å²) >= 11 is 5.91. The Balaban J connectivity index is 1.90. The van der Waals surface area contributed by atoms with Crippen molar-refractivity contribution < 1.29 is 9.53 Å². The summed E-state index contributed by atoms with van der Waals surface area (Å²) in [5, 5.41) is 3.74. The standard InChI is InChI=1S/C16H22ClNO2/c1-10-4-6-14(8-10)18-16(19)12(3)20-15-7-5-13(17)9-11(15)2/h5,7,9-10,12,14H,4,6,8H2,1-3H3,(H,18,19). The van der Waals surface area contributed by atoms with Crippen molar-refractivity contribution in [1.82, 2.24) is 5.32 Å². The molecule has 0 spiro atoms. The molecule has 1 N–H and O–H groups in total. The second-order valence-electron chi connectivity index (χ2n) is 5.79. The first-order valence-corrected chi connectivity index (χ1v) is 7.56. The van der Waals surface area contributed by atoms with Gasteiger partial charge in [-0.3, -0.25) is 4.79 Å². The lowest BCUT2D eigenvalue weighted by atomic mass is 10.1. The molecule has 1 aliphatic carbocycles. The van der Waals surface area contributed by atoms with Crippen molar-refractivity contribution in [3.05, 3.63) is 28.8 Å². The molecule has 3 nitrogen and oxygen atoms in total. The Bertz CT molecular complexity index is 489. The van der Waals surface area contributed by atoms with Crippen molar-refractivity contribution in [1.29, 1.82) is 0 Å². The van der Waals surface area contributed by atoms with Crippen LogP contribution < -0.4 is 10.1 Å². The third kappa shape index (κ3) is 3.89. The van der Waals surface area contributed by atoms with Crippen LogP contribution >= 0.6 is 11.6 Å². The fourth-order valence-corrected chi connectivity index (χ4v) is 2.87. The Kier molecular flexibility index (Phi) is 4.92. The van der Waals surface area contributed by atoms with Gasteiger partial charge < -0.3 is 10.1 Å². The van der Waals surface area contributed by atoms with E-state index in [1.165, 1.54) is 6.42 Å². The lowest BCUT2D eigenvalue weighted by Crippen LogP contribution is -2.41. The molecule has 3 unspecified atom stereocenters. The van der Waals surface area contributed by atoms with Gasteiger partial charge in [0.15, 0.2) is 6.10 Å². The molecule has 3 atom stereocenters. The first-order valence-electron chi connectivity index (χ1n) is 7.19. The molecule has 1 saturated carbocycles. The molecule has 0 saturated heterocycles. The summed E-state index contributed by atoms with van der Waals surface area (Å²) in [5.74, 6) is 1.37. The normalized spacial score (nSPS) is 23.4. The van der Waals surface area contributed by atoms with E-state index >= 15 is 0 Å². The summed E-state index contributed by atoms with van der Waals surface area (Å²) in [6, 6.07) is 5.71. The van der Waals surface area contributed by atoms with Crippen LogP contribution in [0.4, 0.5) is 0 Å². The van der Waals surface area contributed by atoms with E-state index < -0.39 is 6.10 Å². The number of benzene rings is 1. The predicted molar refractivity (Wildman–Crippen MR) is 81.2 cm³/mol. The monoisotopic (exact) mass is 295 g/mol. The molecule has 1 aromatic carbocycles. The van der Waals surface area contributed by atoms with Crippen molar-refractivity contribution in [2.75, 3.05) is 0 Å². The van der Waals surface area contributed by atoms with Crippen molar-refractivity contribution in [2.45, 2.75) is 52.2 Å². The largest absolute Gasteiger partial charge is 0.481 e. The van der Waals surface area contributed by atoms with Gasteiger partial charge in [0.25, 0.3) is 5.91 Å². The number of nitrogens with one attached hydrogen (secondary N) is 1. The second-order valence-corrected chi connectivity index (χ2v) is 6.23. The Morgan fingerprint density at radius 3 is 2.80 bits per heavy atom. The van der Waals surface area contributed by atoms with Gasteiger partial charge in [-0.25, -0.2) is 0 Å². The van der Waals surface area contributed by atoms with Crippen LogP contribution in [0.2, 0.25) is 5.02 Å². The number of ether oxygens (including phenoxy) is 1. The number of rotatable bonds is 4. The van der Waals surface area contributed by atoms with Crippen LogP contribution in [0.3, 0.4) is 0 Å². The quantitative estimate of drug-likeness (QED) is 0.919. The van der Waals surface area contributed by atoms with E-state index in [1.807, 2.05) is 13.0 Å². The summed E-state index contributed by atoms with van der Waals surface area (Å²) < 4.78 is 5.73. The average Bonchev–Trinajstić information content (AvgIpc) is 2.78. The molecule has 0 heterocycles. The first-order chi connectivity index (χ1) is 9.45. The van der Waals surface area contributed by atoms with E-state index in [4.69, 9.17) is 16.3 Å². The number of amides is 1. The van der Waals surface area contributed by atoms with E-state index in [2.05, 4.69) is 12.2 Å². The Morgan fingerprint density at radius 2 is 2.20 bits per heavy atom. The number of hydrogen-bond acceptors (Lipinski definition) is 2. The zero-order chi connectivity index (χ0) is 14.7. The van der Waals surface area contributed by atoms with Gasteiger partial charge in [0.2, 0.25) is 0 Å². The van der Waals surface area contributed by atoms with Crippen LogP contribution in [-0.2, 0) is 4.79 Å². The maximum Gasteiger partial charge on any atom is 0.260 e. The Labute approximate surface area is 125 Å². The molecule has 1 amide bonds. The maximum absolute atomic E-state index is 12.1. The zero-order valence-electron chi connectivity index (χ0n) is 12.3. The van der Waals surface area contributed by atoms with Crippen molar-refractivity contribution >= 4 is 17.5 Å². The van der Waals surface area contributed by atoms with E-state index in [9.17, 15) is 4.79 Å². The number of halogens is 1. The fraction of sp³-hybridized carbons (Fsp3) is 0.562. The van der Waals surface area contributed by atoms with Crippen LogP contribution in [-0.4, -0.2) is 18.1 Å². The molecule has 1 aliphatic rings. The second kappa shape index (κ2) is 6.49. The molecule has 0 bridgehead atoms. The zero-order valence-corrected chi connectivity index (χ0v) is 13.0. The molecule has 2 rings (SSSR count). The molecular weight excluding hydrogens is 274 g/mol. The smallest absolute Gasteiger partial charge is 0.260 e. The predicted octanol–water partition coefficient (Wildman–Crippen LogP) is 3.72. The number of carbonyl (C=O) groups is 1. The number of carbonyl (C=O) groups excluding carboxylic acids is 1. The Morgan fingerprint density at radius 1 is 1.45 bits per heavy atom. The van der Waals surface area contributed by atoms with Crippen LogP contribution in [0.15, 0.2) is 18.2 Å². The van der Waals surface area contributed by atoms with E-state index in [1.54, 1.807) is 19.1 Å². The minimum absolute atomic E-state index is 0.0431. The molecular formula is C16H22ClNO2. The highest BCUT2D eigenvalue weighted by molar-refractivity contribution is 6.30. The summed E-state index contributed by atoms with van der Waals surface area (Å²) in [6.45, 7) is 5.93. The molecule has 4 heteroatoms. The van der Waals surface area contributed by atoms with Gasteiger partial charge in [0, 0.05) is 11.1 Å². The molecule has 1 fully saturated rings. The van der Waals surface area contributed by atoms with Gasteiger partial charge in [0.1, 0.15) is 5.75 Å². The highest BCUT2D eigenvalue weighted by Crippen LogP contribution is 2.25. The van der Waals surface area contributed by atoms with Gasteiger partial charge in [-0.2, -0.15) is 0 Å². The maximum atomic E-state index is 12.1. The van der Waals surface area contributed by atoms with E-state index in [-0.39, 0.29) is 5.91 Å². The molecule has 0 aliphatic heterocycles. The van der Waals surface area contributed by atoms with E-state index in [0.29, 0.717) is 22.7 Å². The van der Waals surface area contributed by atoms with Gasteiger partial charge >= 0.3 is 0 Å². The van der Waals surface area contributed by atoms with Crippen LogP contribution in [0, 0.1) is 12.8 Å². The third-order valence-corrected chi connectivity index (χ3v) is 4.09. The molecule has 110 valence electrons.